The van der Waals surface area contributed by atoms with Crippen LogP contribution in [0.4, 0.5) is 5.69 Å². The van der Waals surface area contributed by atoms with E-state index in [1.807, 2.05) is 0 Å². The van der Waals surface area contributed by atoms with Gasteiger partial charge in [-0.25, -0.2) is 9.59 Å². The van der Waals surface area contributed by atoms with Gasteiger partial charge in [-0.05, 0) is 18.6 Å². The van der Waals surface area contributed by atoms with Crippen molar-refractivity contribution in [3.8, 4) is 5.75 Å². The summed E-state index contributed by atoms with van der Waals surface area (Å²) < 4.78 is 9.38. The molecule has 8 heteroatoms. The van der Waals surface area contributed by atoms with Crippen LogP contribution in [0.1, 0.15) is 6.42 Å². The number of hydrogen-bond acceptors (Lipinski definition) is 7. The molecule has 132 valence electrons. The zero-order chi connectivity index (χ0) is 18.4. The lowest BCUT2D eigenvalue weighted by Crippen LogP contribution is -2.53. The van der Waals surface area contributed by atoms with Crippen LogP contribution in [0.25, 0.3) is 0 Å². The number of fused-ring (bicyclic) bond motifs is 2. The first kappa shape index (κ1) is 17.0. The summed E-state index contributed by atoms with van der Waals surface area (Å²) >= 11 is 0. The number of esters is 2. The summed E-state index contributed by atoms with van der Waals surface area (Å²) in [5.74, 6) is -3.48. The Hall–Kier alpha value is -2.87. The van der Waals surface area contributed by atoms with Crippen LogP contribution < -0.4 is 4.90 Å². The number of para-hydroxylation sites is 2. The average Bonchev–Trinajstić information content (AvgIpc) is 2.87. The first-order valence-corrected chi connectivity index (χ1v) is 7.57. The standard InChI is InChI=1S/C17H17NO7/c1-24-15(21)12-9-7-17(23,13(12)16(22)25-2)8-18(14(9)20)10-5-3-4-6-11(10)19/h3-6,9,19,23H,7-8H2,1-2H3. The minimum Gasteiger partial charge on any atom is -0.506 e. The maximum atomic E-state index is 12.9. The molecule has 1 saturated heterocycles. The molecule has 2 N–H and O–H groups in total. The summed E-state index contributed by atoms with van der Waals surface area (Å²) in [5, 5.41) is 21.0. The van der Waals surface area contributed by atoms with E-state index >= 15 is 0 Å². The van der Waals surface area contributed by atoms with Crippen LogP contribution >= 0.6 is 0 Å². The quantitative estimate of drug-likeness (QED) is 0.747. The molecule has 0 spiro atoms. The zero-order valence-corrected chi connectivity index (χ0v) is 13.7. The maximum Gasteiger partial charge on any atom is 0.337 e. The third-order valence-corrected chi connectivity index (χ3v) is 4.58. The number of ether oxygens (including phenoxy) is 2. The first-order chi connectivity index (χ1) is 11.8. The molecule has 1 fully saturated rings. The second-order valence-corrected chi connectivity index (χ2v) is 5.97. The van der Waals surface area contributed by atoms with E-state index in [2.05, 4.69) is 9.47 Å². The lowest BCUT2D eigenvalue weighted by Gasteiger charge is -2.37. The fourth-order valence-electron chi connectivity index (χ4n) is 3.50. The van der Waals surface area contributed by atoms with Crippen molar-refractivity contribution in [2.45, 2.75) is 12.0 Å². The van der Waals surface area contributed by atoms with Crippen molar-refractivity contribution in [2.75, 3.05) is 25.7 Å². The number of aromatic hydroxyl groups is 1. The maximum absolute atomic E-state index is 12.9. The molecule has 0 saturated carbocycles. The highest BCUT2D eigenvalue weighted by atomic mass is 16.5. The number of β-amino-alcohol motifs (C(OH)–C–C–N with tert-alkyl or cyclic N) is 1. The van der Waals surface area contributed by atoms with E-state index in [-0.39, 0.29) is 35.5 Å². The molecular formula is C17H17NO7. The van der Waals surface area contributed by atoms with Crippen molar-refractivity contribution in [3.05, 3.63) is 35.4 Å². The van der Waals surface area contributed by atoms with Crippen LogP contribution in [0.15, 0.2) is 35.4 Å². The van der Waals surface area contributed by atoms with Gasteiger partial charge in [0.15, 0.2) is 0 Å². The van der Waals surface area contributed by atoms with Crippen LogP contribution in [0.3, 0.4) is 0 Å². The van der Waals surface area contributed by atoms with Crippen LogP contribution in [0.2, 0.25) is 0 Å². The van der Waals surface area contributed by atoms with Gasteiger partial charge in [-0.1, -0.05) is 12.1 Å². The number of methoxy groups -OCH3 is 2. The van der Waals surface area contributed by atoms with Gasteiger partial charge >= 0.3 is 11.9 Å². The number of rotatable bonds is 3. The van der Waals surface area contributed by atoms with Gasteiger partial charge in [0.1, 0.15) is 11.4 Å². The topological polar surface area (TPSA) is 113 Å². The van der Waals surface area contributed by atoms with Crippen molar-refractivity contribution in [2.24, 2.45) is 5.92 Å². The Morgan fingerprint density at radius 3 is 2.44 bits per heavy atom. The first-order valence-electron chi connectivity index (χ1n) is 7.57. The predicted octanol–water partition coefficient (Wildman–Crippen LogP) is 0.132. The van der Waals surface area contributed by atoms with Gasteiger partial charge in [-0.15, -0.1) is 0 Å². The van der Waals surface area contributed by atoms with Gasteiger partial charge in [-0.3, -0.25) is 4.79 Å². The summed E-state index contributed by atoms with van der Waals surface area (Å²) in [5.41, 5.74) is -2.04. The van der Waals surface area contributed by atoms with E-state index < -0.39 is 29.4 Å². The average molecular weight is 347 g/mol. The Bertz CT molecular complexity index is 800. The molecule has 1 heterocycles. The van der Waals surface area contributed by atoms with Crippen molar-refractivity contribution < 1.29 is 34.1 Å². The molecule has 2 aliphatic rings. The van der Waals surface area contributed by atoms with Crippen LogP contribution in [0, 0.1) is 5.92 Å². The van der Waals surface area contributed by atoms with Gasteiger partial charge < -0.3 is 24.6 Å². The molecule has 1 aromatic rings. The van der Waals surface area contributed by atoms with E-state index in [0.717, 1.165) is 14.2 Å². The number of hydrogen-bond donors (Lipinski definition) is 2. The Morgan fingerprint density at radius 1 is 1.20 bits per heavy atom. The van der Waals surface area contributed by atoms with Crippen LogP contribution in [-0.2, 0) is 23.9 Å². The summed E-state index contributed by atoms with van der Waals surface area (Å²) in [4.78, 5) is 38.4. The van der Waals surface area contributed by atoms with E-state index in [1.165, 1.54) is 17.0 Å². The van der Waals surface area contributed by atoms with Crippen LogP contribution in [0.5, 0.6) is 5.75 Å². The molecule has 1 aliphatic carbocycles. The third kappa shape index (κ3) is 2.45. The highest BCUT2D eigenvalue weighted by Gasteiger charge is 2.58. The molecule has 1 amide bonds. The van der Waals surface area contributed by atoms with E-state index in [1.54, 1.807) is 12.1 Å². The minimum atomic E-state index is -1.77. The third-order valence-electron chi connectivity index (χ3n) is 4.58. The second kappa shape index (κ2) is 5.89. The van der Waals surface area contributed by atoms with Crippen molar-refractivity contribution >= 4 is 23.5 Å². The number of anilines is 1. The van der Waals surface area contributed by atoms with E-state index in [9.17, 15) is 24.6 Å². The van der Waals surface area contributed by atoms with Crippen LogP contribution in [-0.4, -0.2) is 54.4 Å². The number of nitrogens with zero attached hydrogens (tertiary/aromatic N) is 1. The summed E-state index contributed by atoms with van der Waals surface area (Å²) in [6.45, 7) is -0.287. The number of carbonyl (C=O) groups is 3. The Morgan fingerprint density at radius 2 is 1.84 bits per heavy atom. The zero-order valence-electron chi connectivity index (χ0n) is 13.7. The number of piperidine rings is 1. The van der Waals surface area contributed by atoms with Gasteiger partial charge in [0.2, 0.25) is 5.91 Å². The minimum absolute atomic E-state index is 0.120. The Kier molecular flexibility index (Phi) is 4.00. The fourth-order valence-corrected chi connectivity index (χ4v) is 3.50. The molecule has 1 aromatic carbocycles. The highest BCUT2D eigenvalue weighted by molar-refractivity contribution is 6.12. The Labute approximate surface area is 143 Å². The van der Waals surface area contributed by atoms with Crippen molar-refractivity contribution in [1.82, 2.24) is 0 Å². The van der Waals surface area contributed by atoms with Gasteiger partial charge in [0.05, 0.1) is 43.5 Å². The van der Waals surface area contributed by atoms with Gasteiger partial charge in [-0.2, -0.15) is 0 Å². The molecule has 8 nitrogen and oxygen atoms in total. The summed E-state index contributed by atoms with van der Waals surface area (Å²) in [7, 11) is 2.25. The number of phenolic OH excluding ortho intramolecular Hbond substituents is 1. The summed E-state index contributed by atoms with van der Waals surface area (Å²) in [6, 6.07) is 6.13. The number of aliphatic hydroxyl groups is 1. The molecule has 2 atom stereocenters. The largest absolute Gasteiger partial charge is 0.506 e. The Balaban J connectivity index is 2.13. The second-order valence-electron chi connectivity index (χ2n) is 5.97. The number of carbonyl (C=O) groups excluding carboxylic acids is 3. The van der Waals surface area contributed by atoms with E-state index in [0.29, 0.717) is 0 Å². The lowest BCUT2D eigenvalue weighted by molar-refractivity contribution is -0.140. The lowest BCUT2D eigenvalue weighted by atomic mass is 9.88. The SMILES string of the molecule is COC(=O)C1=C(C(=O)OC)C2(O)CC1C(=O)N(c1ccccc1O)C2. The molecule has 1 aliphatic heterocycles. The molecular weight excluding hydrogens is 330 g/mol. The molecule has 2 unspecified atom stereocenters. The van der Waals surface area contributed by atoms with Gasteiger partial charge in [0, 0.05) is 0 Å². The summed E-state index contributed by atoms with van der Waals surface area (Å²) in [6.07, 6.45) is -0.120. The normalized spacial score (nSPS) is 25.2. The predicted molar refractivity (Wildman–Crippen MR) is 84.6 cm³/mol. The van der Waals surface area contributed by atoms with Crippen molar-refractivity contribution in [3.63, 3.8) is 0 Å². The van der Waals surface area contributed by atoms with E-state index in [4.69, 9.17) is 0 Å². The monoisotopic (exact) mass is 347 g/mol. The molecule has 0 radical (unpaired) electrons. The number of benzene rings is 1. The molecule has 0 aromatic heterocycles. The van der Waals surface area contributed by atoms with Gasteiger partial charge in [0.25, 0.3) is 0 Å². The highest BCUT2D eigenvalue weighted by Crippen LogP contribution is 2.47. The number of phenols is 1. The van der Waals surface area contributed by atoms with Crippen molar-refractivity contribution in [1.29, 1.82) is 0 Å². The molecule has 3 rings (SSSR count). The number of amides is 1. The fraction of sp³-hybridized carbons (Fsp3) is 0.353. The molecule has 2 bridgehead atoms. The molecule has 25 heavy (non-hydrogen) atoms. The smallest absolute Gasteiger partial charge is 0.337 e.